The van der Waals surface area contributed by atoms with Crippen LogP contribution in [0.2, 0.25) is 0 Å². The van der Waals surface area contributed by atoms with Gasteiger partial charge in [0.15, 0.2) is 0 Å². The van der Waals surface area contributed by atoms with Gasteiger partial charge in [-0.3, -0.25) is 4.79 Å². The first-order valence-corrected chi connectivity index (χ1v) is 7.97. The van der Waals surface area contributed by atoms with Crippen LogP contribution < -0.4 is 10.6 Å². The van der Waals surface area contributed by atoms with Crippen LogP contribution in [0.4, 0.5) is 0 Å². The van der Waals surface area contributed by atoms with Crippen LogP contribution in [0, 0.1) is 0 Å². The lowest BCUT2D eigenvalue weighted by atomic mass is 10.1. The topological polar surface area (TPSA) is 41.1 Å². The molecule has 1 aromatic rings. The van der Waals surface area contributed by atoms with Crippen molar-refractivity contribution in [2.24, 2.45) is 0 Å². The molecule has 19 heavy (non-hydrogen) atoms. The van der Waals surface area contributed by atoms with E-state index in [1.54, 1.807) is 11.8 Å². The molecule has 1 aliphatic rings. The molecule has 1 amide bonds. The molecule has 0 saturated carbocycles. The quantitative estimate of drug-likeness (QED) is 0.868. The summed E-state index contributed by atoms with van der Waals surface area (Å²) in [5.74, 6) is 0.710. The number of hydrogen-bond acceptors (Lipinski definition) is 3. The Morgan fingerprint density at radius 2 is 2.05 bits per heavy atom. The molecule has 0 spiro atoms. The SMILES string of the molecule is C[C@H](NC(=O)CSC1CCNCC1)c1ccccc1. The zero-order chi connectivity index (χ0) is 13.5. The lowest BCUT2D eigenvalue weighted by Crippen LogP contribution is -2.32. The van der Waals surface area contributed by atoms with Gasteiger partial charge in [0.05, 0.1) is 11.8 Å². The highest BCUT2D eigenvalue weighted by molar-refractivity contribution is 8.00. The summed E-state index contributed by atoms with van der Waals surface area (Å²) < 4.78 is 0. The number of hydrogen-bond donors (Lipinski definition) is 2. The minimum absolute atomic E-state index is 0.0855. The first kappa shape index (κ1) is 14.4. The molecule has 0 unspecified atom stereocenters. The van der Waals surface area contributed by atoms with E-state index in [2.05, 4.69) is 10.6 Å². The number of carbonyl (C=O) groups excluding carboxylic acids is 1. The molecule has 0 aromatic heterocycles. The van der Waals surface area contributed by atoms with Crippen molar-refractivity contribution in [3.8, 4) is 0 Å². The van der Waals surface area contributed by atoms with Gasteiger partial charge in [0.2, 0.25) is 5.91 Å². The van der Waals surface area contributed by atoms with Crippen molar-refractivity contribution >= 4 is 17.7 Å². The van der Waals surface area contributed by atoms with Gasteiger partial charge in [-0.15, -0.1) is 11.8 Å². The summed E-state index contributed by atoms with van der Waals surface area (Å²) >= 11 is 1.79. The summed E-state index contributed by atoms with van der Waals surface area (Å²) in [6, 6.07) is 10.2. The smallest absolute Gasteiger partial charge is 0.230 e. The van der Waals surface area contributed by atoms with Crippen molar-refractivity contribution in [3.05, 3.63) is 35.9 Å². The van der Waals surface area contributed by atoms with E-state index in [0.717, 1.165) is 18.7 Å². The van der Waals surface area contributed by atoms with Gasteiger partial charge in [-0.2, -0.15) is 0 Å². The molecule has 1 heterocycles. The molecule has 4 heteroatoms. The van der Waals surface area contributed by atoms with Gasteiger partial charge in [0.25, 0.3) is 0 Å². The average Bonchev–Trinajstić information content (AvgIpc) is 2.47. The van der Waals surface area contributed by atoms with Gasteiger partial charge in [0.1, 0.15) is 0 Å². The van der Waals surface area contributed by atoms with Crippen molar-refractivity contribution in [1.82, 2.24) is 10.6 Å². The Labute approximate surface area is 119 Å². The van der Waals surface area contributed by atoms with E-state index in [1.807, 2.05) is 37.3 Å². The number of amides is 1. The predicted molar refractivity (Wildman–Crippen MR) is 81.3 cm³/mol. The fourth-order valence-corrected chi connectivity index (χ4v) is 3.30. The number of thioether (sulfide) groups is 1. The fraction of sp³-hybridized carbons (Fsp3) is 0.533. The predicted octanol–water partition coefficient (Wildman–Crippen LogP) is 2.35. The summed E-state index contributed by atoms with van der Waals surface area (Å²) in [4.78, 5) is 11.9. The van der Waals surface area contributed by atoms with Crippen LogP contribution in [-0.4, -0.2) is 30.0 Å². The zero-order valence-corrected chi connectivity index (χ0v) is 12.2. The second-order valence-corrected chi connectivity index (χ2v) is 6.25. The van der Waals surface area contributed by atoms with E-state index in [1.165, 1.54) is 12.8 Å². The van der Waals surface area contributed by atoms with Crippen molar-refractivity contribution in [1.29, 1.82) is 0 Å². The maximum absolute atomic E-state index is 11.9. The summed E-state index contributed by atoms with van der Waals surface area (Å²) in [6.45, 7) is 4.20. The van der Waals surface area contributed by atoms with E-state index in [9.17, 15) is 4.79 Å². The zero-order valence-electron chi connectivity index (χ0n) is 11.4. The Bertz CT molecular complexity index is 390. The third-order valence-corrected chi connectivity index (χ3v) is 4.79. The molecule has 1 aliphatic heterocycles. The van der Waals surface area contributed by atoms with E-state index in [-0.39, 0.29) is 11.9 Å². The summed E-state index contributed by atoms with van der Waals surface area (Å²) in [5, 5.41) is 7.04. The van der Waals surface area contributed by atoms with E-state index < -0.39 is 0 Å². The lowest BCUT2D eigenvalue weighted by molar-refractivity contribution is -0.119. The third-order valence-electron chi connectivity index (χ3n) is 3.41. The van der Waals surface area contributed by atoms with E-state index in [0.29, 0.717) is 11.0 Å². The number of rotatable bonds is 5. The second kappa shape index (κ2) is 7.56. The van der Waals surface area contributed by atoms with Crippen LogP contribution in [0.5, 0.6) is 0 Å². The Balaban J connectivity index is 1.71. The molecular formula is C15H22N2OS. The Hall–Kier alpha value is -1.00. The van der Waals surface area contributed by atoms with Gasteiger partial charge < -0.3 is 10.6 Å². The minimum Gasteiger partial charge on any atom is -0.349 e. The van der Waals surface area contributed by atoms with Crippen LogP contribution in [0.15, 0.2) is 30.3 Å². The van der Waals surface area contributed by atoms with Gasteiger partial charge in [-0.1, -0.05) is 30.3 Å². The van der Waals surface area contributed by atoms with Crippen molar-refractivity contribution in [3.63, 3.8) is 0 Å². The monoisotopic (exact) mass is 278 g/mol. The van der Waals surface area contributed by atoms with Gasteiger partial charge in [-0.05, 0) is 38.4 Å². The minimum atomic E-state index is 0.0855. The molecule has 2 rings (SSSR count). The highest BCUT2D eigenvalue weighted by atomic mass is 32.2. The molecule has 0 bridgehead atoms. The summed E-state index contributed by atoms with van der Waals surface area (Å²) in [5.41, 5.74) is 1.16. The van der Waals surface area contributed by atoms with Crippen molar-refractivity contribution in [2.75, 3.05) is 18.8 Å². The Kier molecular flexibility index (Phi) is 5.73. The normalized spacial score (nSPS) is 17.9. The van der Waals surface area contributed by atoms with Crippen molar-refractivity contribution in [2.45, 2.75) is 31.1 Å². The highest BCUT2D eigenvalue weighted by Gasteiger charge is 2.16. The third kappa shape index (κ3) is 4.88. The van der Waals surface area contributed by atoms with Crippen LogP contribution in [0.1, 0.15) is 31.4 Å². The number of nitrogens with one attached hydrogen (secondary N) is 2. The molecular weight excluding hydrogens is 256 g/mol. The standard InChI is InChI=1S/C15H22N2OS/c1-12(13-5-3-2-4-6-13)17-15(18)11-19-14-7-9-16-10-8-14/h2-6,12,14,16H,7-11H2,1H3,(H,17,18)/t12-/m0/s1. The maximum Gasteiger partial charge on any atom is 0.230 e. The molecule has 0 radical (unpaired) electrons. The molecule has 1 saturated heterocycles. The van der Waals surface area contributed by atoms with Gasteiger partial charge >= 0.3 is 0 Å². The first-order valence-electron chi connectivity index (χ1n) is 6.92. The lowest BCUT2D eigenvalue weighted by Gasteiger charge is -2.22. The maximum atomic E-state index is 11.9. The van der Waals surface area contributed by atoms with E-state index >= 15 is 0 Å². The van der Waals surface area contributed by atoms with Crippen LogP contribution in [0.3, 0.4) is 0 Å². The molecule has 0 aliphatic carbocycles. The molecule has 1 aromatic carbocycles. The largest absolute Gasteiger partial charge is 0.349 e. The summed E-state index contributed by atoms with van der Waals surface area (Å²) in [7, 11) is 0. The Morgan fingerprint density at radius 3 is 2.74 bits per heavy atom. The summed E-state index contributed by atoms with van der Waals surface area (Å²) in [6.07, 6.45) is 2.35. The molecule has 3 nitrogen and oxygen atoms in total. The van der Waals surface area contributed by atoms with E-state index in [4.69, 9.17) is 0 Å². The van der Waals surface area contributed by atoms with Crippen molar-refractivity contribution < 1.29 is 4.79 Å². The van der Waals surface area contributed by atoms with Crippen LogP contribution in [-0.2, 0) is 4.79 Å². The number of carbonyl (C=O) groups is 1. The Morgan fingerprint density at radius 1 is 1.37 bits per heavy atom. The van der Waals surface area contributed by atoms with Gasteiger partial charge in [-0.25, -0.2) is 0 Å². The average molecular weight is 278 g/mol. The molecule has 1 atom stereocenters. The highest BCUT2D eigenvalue weighted by Crippen LogP contribution is 2.20. The number of piperidine rings is 1. The molecule has 1 fully saturated rings. The first-order chi connectivity index (χ1) is 9.25. The fourth-order valence-electron chi connectivity index (χ4n) is 2.26. The number of benzene rings is 1. The van der Waals surface area contributed by atoms with Crippen LogP contribution >= 0.6 is 11.8 Å². The van der Waals surface area contributed by atoms with Gasteiger partial charge in [0, 0.05) is 5.25 Å². The molecule has 2 N–H and O–H groups in total. The molecule has 104 valence electrons. The second-order valence-electron chi connectivity index (χ2n) is 4.96. The van der Waals surface area contributed by atoms with Crippen LogP contribution in [0.25, 0.3) is 0 Å².